The van der Waals surface area contributed by atoms with E-state index in [0.29, 0.717) is 60.2 Å². The quantitative estimate of drug-likeness (QED) is 0.125. The monoisotopic (exact) mass is 808 g/mol. The van der Waals surface area contributed by atoms with Crippen LogP contribution in [0.4, 0.5) is 11.6 Å². The minimum Gasteiger partial charge on any atom is -0.506 e. The Hall–Kier alpha value is -5.97. The number of aromatic hydroxyl groups is 2. The first-order valence-electron chi connectivity index (χ1n) is 16.4. The molecule has 13 heteroatoms. The van der Waals surface area contributed by atoms with Crippen LogP contribution < -0.4 is 11.1 Å². The highest BCUT2D eigenvalue weighted by atomic mass is 35.5. The predicted octanol–water partition coefficient (Wildman–Crippen LogP) is 11.3. The molecular formula is C42H32Cl4N6O3. The smallest absolute Gasteiger partial charge is 0.151 e. The number of carbonyl (C=O) groups excluding carboxylic acids is 1. The summed E-state index contributed by atoms with van der Waals surface area (Å²) in [6.45, 7) is 0. The zero-order valence-corrected chi connectivity index (χ0v) is 31.8. The van der Waals surface area contributed by atoms with Gasteiger partial charge in [0.2, 0.25) is 0 Å². The molecule has 0 saturated carbocycles. The van der Waals surface area contributed by atoms with Gasteiger partial charge in [0, 0.05) is 61.8 Å². The van der Waals surface area contributed by atoms with Crippen molar-refractivity contribution in [3.05, 3.63) is 189 Å². The molecule has 9 nitrogen and oxygen atoms in total. The minimum atomic E-state index is -0.461. The van der Waals surface area contributed by atoms with Crippen LogP contribution in [-0.2, 0) is 0 Å². The van der Waals surface area contributed by atoms with Gasteiger partial charge in [0.15, 0.2) is 6.29 Å². The zero-order valence-electron chi connectivity index (χ0n) is 28.8. The maximum atomic E-state index is 10.9. The second kappa shape index (κ2) is 19.9. The third kappa shape index (κ3) is 11.3. The number of aromatic nitrogens is 4. The summed E-state index contributed by atoms with van der Waals surface area (Å²) in [6, 6.07) is 37.2. The van der Waals surface area contributed by atoms with E-state index in [4.69, 9.17) is 52.1 Å². The Morgan fingerprint density at radius 3 is 1.80 bits per heavy atom. The molecule has 1 unspecified atom stereocenters. The van der Waals surface area contributed by atoms with Crippen LogP contribution >= 0.6 is 46.4 Å². The van der Waals surface area contributed by atoms with E-state index < -0.39 is 6.04 Å². The zero-order chi connectivity index (χ0) is 39.2. The second-order valence-electron chi connectivity index (χ2n) is 11.4. The number of rotatable bonds is 5. The van der Waals surface area contributed by atoms with Gasteiger partial charge in [-0.05, 0) is 84.4 Å². The van der Waals surface area contributed by atoms with Crippen LogP contribution in [-0.4, -0.2) is 36.4 Å². The lowest BCUT2D eigenvalue weighted by atomic mass is 9.96. The summed E-state index contributed by atoms with van der Waals surface area (Å²) in [6.07, 6.45) is 7.35. The van der Waals surface area contributed by atoms with Crippen molar-refractivity contribution in [1.82, 2.24) is 19.9 Å². The van der Waals surface area contributed by atoms with Gasteiger partial charge >= 0.3 is 0 Å². The number of hydrogen-bond donors (Lipinski definition) is 4. The van der Waals surface area contributed by atoms with Crippen molar-refractivity contribution in [2.24, 2.45) is 0 Å². The number of nitrogens with zero attached hydrogens (tertiary/aromatic N) is 4. The van der Waals surface area contributed by atoms with Crippen molar-refractivity contribution >= 4 is 86.1 Å². The fourth-order valence-corrected chi connectivity index (χ4v) is 5.85. The lowest BCUT2D eigenvalue weighted by molar-refractivity contribution is 0.112. The summed E-state index contributed by atoms with van der Waals surface area (Å²) in [4.78, 5) is 26.7. The van der Waals surface area contributed by atoms with Crippen LogP contribution in [0.3, 0.4) is 0 Å². The van der Waals surface area contributed by atoms with E-state index in [1.807, 2.05) is 72.8 Å². The third-order valence-corrected chi connectivity index (χ3v) is 8.86. The molecule has 276 valence electrons. The number of benzene rings is 4. The highest BCUT2D eigenvalue weighted by molar-refractivity contribution is 6.35. The van der Waals surface area contributed by atoms with Gasteiger partial charge in [0.05, 0.1) is 11.1 Å². The Kier molecular flexibility index (Phi) is 14.6. The van der Waals surface area contributed by atoms with Crippen LogP contribution in [0.25, 0.3) is 21.8 Å². The number of phenols is 2. The lowest BCUT2D eigenvalue weighted by Crippen LogP contribution is -2.14. The van der Waals surface area contributed by atoms with E-state index in [-0.39, 0.29) is 11.5 Å². The van der Waals surface area contributed by atoms with Crippen molar-refractivity contribution in [1.29, 1.82) is 0 Å². The molecule has 1 atom stereocenters. The van der Waals surface area contributed by atoms with Gasteiger partial charge in [-0.25, -0.2) is 9.97 Å². The second-order valence-corrected chi connectivity index (χ2v) is 13.1. The Bertz CT molecular complexity index is 2490. The molecule has 0 saturated heterocycles. The third-order valence-electron chi connectivity index (χ3n) is 7.70. The molecule has 0 aliphatic heterocycles. The number of halogens is 4. The van der Waals surface area contributed by atoms with Crippen molar-refractivity contribution in [3.63, 3.8) is 0 Å². The number of nitrogens with one attached hydrogen (secondary N) is 1. The number of hydrogen-bond acceptors (Lipinski definition) is 9. The predicted molar refractivity (Wildman–Crippen MR) is 223 cm³/mol. The summed E-state index contributed by atoms with van der Waals surface area (Å²) in [5.41, 5.74) is 8.23. The number of nitrogens with two attached hydrogens (primary N) is 1. The van der Waals surface area contributed by atoms with Crippen molar-refractivity contribution in [2.45, 2.75) is 6.04 Å². The average molecular weight is 811 g/mol. The van der Waals surface area contributed by atoms with Crippen LogP contribution in [0.5, 0.6) is 11.5 Å². The molecule has 0 spiro atoms. The van der Waals surface area contributed by atoms with Crippen molar-refractivity contribution < 1.29 is 15.0 Å². The molecule has 8 rings (SSSR count). The summed E-state index contributed by atoms with van der Waals surface area (Å²) >= 11 is 23.9. The molecular weight excluding hydrogens is 778 g/mol. The Balaban J connectivity index is 0.000000168. The first kappa shape index (κ1) is 40.2. The van der Waals surface area contributed by atoms with E-state index in [1.54, 1.807) is 73.3 Å². The van der Waals surface area contributed by atoms with Gasteiger partial charge in [-0.1, -0.05) is 94.9 Å². The minimum absolute atomic E-state index is 0.0950. The number of pyridine rings is 4. The van der Waals surface area contributed by atoms with Crippen LogP contribution in [0.15, 0.2) is 152 Å². The van der Waals surface area contributed by atoms with Crippen LogP contribution in [0, 0.1) is 0 Å². The maximum absolute atomic E-state index is 10.9. The molecule has 4 heterocycles. The first-order chi connectivity index (χ1) is 26.6. The van der Waals surface area contributed by atoms with Crippen molar-refractivity contribution in [2.75, 3.05) is 11.1 Å². The summed E-state index contributed by atoms with van der Waals surface area (Å²) in [5.74, 6) is 1.56. The average Bonchev–Trinajstić information content (AvgIpc) is 3.21. The number of para-hydroxylation sites is 1. The first-order valence-corrected chi connectivity index (χ1v) is 17.9. The van der Waals surface area contributed by atoms with Gasteiger partial charge < -0.3 is 21.3 Å². The number of nitrogen functional groups attached to an aromatic ring is 1. The highest BCUT2D eigenvalue weighted by Gasteiger charge is 2.23. The number of anilines is 2. The van der Waals surface area contributed by atoms with E-state index in [0.717, 1.165) is 16.3 Å². The van der Waals surface area contributed by atoms with Crippen LogP contribution in [0.2, 0.25) is 20.1 Å². The molecule has 5 N–H and O–H groups in total. The molecule has 4 aromatic carbocycles. The standard InChI is InChI=1S/C21H15Cl2N3O.C9H7NO.C7H4Cl2O.C5H6N2/c22-14-7-9-17(23)16(12-14)20(26-18-5-1-2-10-24-18)15-8-6-13-4-3-11-25-19(13)21(15)27;11-8-5-1-3-7-4-2-6-10-9(7)8;8-6-1-2-7(9)5(3-6)4-10;6-5-3-1-2-4-7-5/h1-12,20,27H,(H,24,26);1-6,11H;1-4H;1-4H,(H2,6,7). The molecule has 0 radical (unpaired) electrons. The summed E-state index contributed by atoms with van der Waals surface area (Å²) in [5, 5.41) is 27.4. The number of phenolic OH excluding ortho intramolecular Hbond substituents is 2. The normalized spacial score (nSPS) is 10.8. The van der Waals surface area contributed by atoms with Crippen molar-refractivity contribution in [3.8, 4) is 11.5 Å². The molecule has 0 aliphatic rings. The highest BCUT2D eigenvalue weighted by Crippen LogP contribution is 2.39. The van der Waals surface area contributed by atoms with E-state index >= 15 is 0 Å². The maximum Gasteiger partial charge on any atom is 0.151 e. The fraction of sp³-hybridized carbons (Fsp3) is 0.0238. The van der Waals surface area contributed by atoms with Gasteiger partial charge in [0.1, 0.15) is 34.2 Å². The molecule has 8 aromatic rings. The van der Waals surface area contributed by atoms with E-state index in [9.17, 15) is 15.0 Å². The molecule has 55 heavy (non-hydrogen) atoms. The number of carbonyl (C=O) groups is 1. The Labute approximate surface area is 337 Å². The molecule has 4 aromatic heterocycles. The summed E-state index contributed by atoms with van der Waals surface area (Å²) < 4.78 is 0. The molecule has 0 fully saturated rings. The van der Waals surface area contributed by atoms with E-state index in [2.05, 4.69) is 25.3 Å². The Morgan fingerprint density at radius 2 is 1.20 bits per heavy atom. The fourth-order valence-electron chi connectivity index (χ4n) is 5.10. The molecule has 0 amide bonds. The Morgan fingerprint density at radius 1 is 0.582 bits per heavy atom. The number of fused-ring (bicyclic) bond motifs is 2. The number of aldehydes is 1. The topological polar surface area (TPSA) is 147 Å². The van der Waals surface area contributed by atoms with Crippen LogP contribution in [0.1, 0.15) is 27.5 Å². The van der Waals surface area contributed by atoms with E-state index in [1.165, 1.54) is 6.07 Å². The van der Waals surface area contributed by atoms with Gasteiger partial charge in [-0.15, -0.1) is 0 Å². The largest absolute Gasteiger partial charge is 0.506 e. The summed E-state index contributed by atoms with van der Waals surface area (Å²) in [7, 11) is 0. The van der Waals surface area contributed by atoms with Gasteiger partial charge in [-0.3, -0.25) is 14.8 Å². The molecule has 0 aliphatic carbocycles. The van der Waals surface area contributed by atoms with Gasteiger partial charge in [-0.2, -0.15) is 0 Å². The molecule has 0 bridgehead atoms. The SMILES string of the molecule is Nc1ccccn1.O=Cc1cc(Cl)ccc1Cl.Oc1c(C(Nc2ccccn2)c2cc(Cl)ccc2Cl)ccc2cccnc12.Oc1cccc2cccnc12. The lowest BCUT2D eigenvalue weighted by Gasteiger charge is -2.23. The van der Waals surface area contributed by atoms with Gasteiger partial charge in [0.25, 0.3) is 0 Å².